The average molecular weight is 309 g/mol. The second-order valence-corrected chi connectivity index (χ2v) is 5.56. The number of amides is 1. The highest BCUT2D eigenvalue weighted by Gasteiger charge is 2.30. The summed E-state index contributed by atoms with van der Waals surface area (Å²) in [7, 11) is 0. The Morgan fingerprint density at radius 3 is 2.55 bits per heavy atom. The second kappa shape index (κ2) is 5.67. The van der Waals surface area contributed by atoms with Crippen LogP contribution in [-0.2, 0) is 0 Å². The van der Waals surface area contributed by atoms with Crippen molar-refractivity contribution in [3.8, 4) is 6.07 Å². The summed E-state index contributed by atoms with van der Waals surface area (Å²) in [6.45, 7) is 1.95. The van der Waals surface area contributed by atoms with Crippen LogP contribution in [0.15, 0.2) is 54.6 Å². The number of hydrogen-bond acceptors (Lipinski definition) is 2. The Balaban J connectivity index is 2.10. The first-order chi connectivity index (χ1) is 10.6. The molecule has 0 saturated heterocycles. The van der Waals surface area contributed by atoms with E-state index in [2.05, 4.69) is 6.07 Å². The third-order valence-electron chi connectivity index (χ3n) is 3.72. The van der Waals surface area contributed by atoms with Gasteiger partial charge in [0.2, 0.25) is 0 Å². The summed E-state index contributed by atoms with van der Waals surface area (Å²) in [5.74, 6) is -0.209. The number of rotatable bonds is 1. The van der Waals surface area contributed by atoms with Crippen molar-refractivity contribution in [2.45, 2.75) is 13.0 Å². The maximum Gasteiger partial charge on any atom is 0.259 e. The van der Waals surface area contributed by atoms with Crippen LogP contribution in [0.2, 0.25) is 5.02 Å². The van der Waals surface area contributed by atoms with Crippen molar-refractivity contribution in [3.63, 3.8) is 0 Å². The molecule has 0 fully saturated rings. The number of hydrogen-bond donors (Lipinski definition) is 0. The molecule has 0 aliphatic carbocycles. The highest BCUT2D eigenvalue weighted by Crippen LogP contribution is 2.34. The maximum atomic E-state index is 12.9. The van der Waals surface area contributed by atoms with Crippen LogP contribution in [0.25, 0.3) is 5.57 Å². The zero-order valence-electron chi connectivity index (χ0n) is 12.0. The molecule has 1 atom stereocenters. The molecule has 0 aromatic heterocycles. The second-order valence-electron chi connectivity index (χ2n) is 5.12. The number of para-hydroxylation sites is 1. The van der Waals surface area contributed by atoms with Crippen LogP contribution in [-0.4, -0.2) is 11.9 Å². The van der Waals surface area contributed by atoms with Crippen molar-refractivity contribution in [2.75, 3.05) is 4.90 Å². The Kier molecular flexibility index (Phi) is 3.70. The third kappa shape index (κ3) is 2.38. The van der Waals surface area contributed by atoms with Gasteiger partial charge in [0.05, 0.1) is 11.8 Å². The van der Waals surface area contributed by atoms with Crippen molar-refractivity contribution >= 4 is 28.8 Å². The van der Waals surface area contributed by atoms with Gasteiger partial charge in [0.1, 0.15) is 6.04 Å². The lowest BCUT2D eigenvalue weighted by molar-refractivity contribution is 0.0985. The minimum absolute atomic E-state index is 0.209. The molecule has 2 aromatic rings. The van der Waals surface area contributed by atoms with Gasteiger partial charge in [0, 0.05) is 16.1 Å². The van der Waals surface area contributed by atoms with Gasteiger partial charge in [0.25, 0.3) is 5.91 Å². The van der Waals surface area contributed by atoms with Gasteiger partial charge in [-0.2, -0.15) is 5.26 Å². The fourth-order valence-corrected chi connectivity index (χ4v) is 2.76. The predicted octanol–water partition coefficient (Wildman–Crippen LogP) is 4.30. The molecule has 1 aliphatic rings. The molecule has 0 bridgehead atoms. The van der Waals surface area contributed by atoms with Crippen LogP contribution in [0, 0.1) is 11.3 Å². The number of carbonyl (C=O) groups excluding carboxylic acids is 1. The van der Waals surface area contributed by atoms with Crippen molar-refractivity contribution in [1.82, 2.24) is 0 Å². The highest BCUT2D eigenvalue weighted by molar-refractivity contribution is 6.30. The van der Waals surface area contributed by atoms with Gasteiger partial charge < -0.3 is 0 Å². The fourth-order valence-electron chi connectivity index (χ4n) is 2.63. The smallest absolute Gasteiger partial charge is 0.259 e. The first kappa shape index (κ1) is 14.4. The van der Waals surface area contributed by atoms with E-state index in [9.17, 15) is 10.1 Å². The Hall–Kier alpha value is -2.57. The SMILES string of the molecule is CC1=CC(C#N)N(C(=O)c2ccc(Cl)cc2)c2ccccc21. The van der Waals surface area contributed by atoms with Crippen LogP contribution in [0.3, 0.4) is 0 Å². The predicted molar refractivity (Wildman–Crippen MR) is 87.8 cm³/mol. The minimum atomic E-state index is -0.613. The summed E-state index contributed by atoms with van der Waals surface area (Å²) in [6.07, 6.45) is 1.82. The van der Waals surface area contributed by atoms with Crippen molar-refractivity contribution in [2.24, 2.45) is 0 Å². The largest absolute Gasteiger partial charge is 0.288 e. The quantitative estimate of drug-likeness (QED) is 0.788. The van der Waals surface area contributed by atoms with Crippen LogP contribution in [0.4, 0.5) is 5.69 Å². The summed E-state index contributed by atoms with van der Waals surface area (Å²) in [4.78, 5) is 14.4. The maximum absolute atomic E-state index is 12.9. The molecule has 1 unspecified atom stereocenters. The van der Waals surface area contributed by atoms with Crippen molar-refractivity contribution in [1.29, 1.82) is 5.26 Å². The fraction of sp³-hybridized carbons (Fsp3) is 0.111. The molecule has 0 N–H and O–H groups in total. The first-order valence-corrected chi connectivity index (χ1v) is 7.26. The van der Waals surface area contributed by atoms with E-state index in [1.807, 2.05) is 37.3 Å². The molecular weight excluding hydrogens is 296 g/mol. The minimum Gasteiger partial charge on any atom is -0.288 e. The number of anilines is 1. The monoisotopic (exact) mass is 308 g/mol. The normalized spacial score (nSPS) is 16.5. The molecule has 0 spiro atoms. The number of carbonyl (C=O) groups is 1. The number of nitriles is 1. The van der Waals surface area contributed by atoms with E-state index in [1.165, 1.54) is 4.90 Å². The number of halogens is 1. The van der Waals surface area contributed by atoms with Crippen LogP contribution in [0.1, 0.15) is 22.8 Å². The lowest BCUT2D eigenvalue weighted by Crippen LogP contribution is -2.41. The van der Waals surface area contributed by atoms with E-state index in [1.54, 1.807) is 24.3 Å². The third-order valence-corrected chi connectivity index (χ3v) is 3.97. The Labute approximate surface area is 134 Å². The summed E-state index contributed by atoms with van der Waals surface area (Å²) < 4.78 is 0. The number of benzene rings is 2. The highest BCUT2D eigenvalue weighted by atomic mass is 35.5. The molecule has 1 amide bonds. The van der Waals surface area contributed by atoms with Gasteiger partial charge in [-0.1, -0.05) is 29.8 Å². The van der Waals surface area contributed by atoms with Gasteiger partial charge >= 0.3 is 0 Å². The molecular formula is C18H13ClN2O. The molecule has 4 heteroatoms. The van der Waals surface area contributed by atoms with Crippen LogP contribution >= 0.6 is 11.6 Å². The van der Waals surface area contributed by atoms with Crippen molar-refractivity contribution < 1.29 is 4.79 Å². The summed E-state index contributed by atoms with van der Waals surface area (Å²) in [5, 5.41) is 10.0. The van der Waals surface area contributed by atoms with Gasteiger partial charge in [-0.25, -0.2) is 0 Å². The first-order valence-electron chi connectivity index (χ1n) is 6.88. The molecule has 3 nitrogen and oxygen atoms in total. The molecule has 3 rings (SSSR count). The van der Waals surface area contributed by atoms with Crippen LogP contribution in [0.5, 0.6) is 0 Å². The molecule has 0 saturated carbocycles. The van der Waals surface area contributed by atoms with Gasteiger partial charge in [-0.05, 0) is 48.9 Å². The molecule has 1 heterocycles. The standard InChI is InChI=1S/C18H13ClN2O/c1-12-10-15(11-20)21(17-5-3-2-4-16(12)17)18(22)13-6-8-14(19)9-7-13/h2-10,15H,1H3. The lowest BCUT2D eigenvalue weighted by Gasteiger charge is -2.32. The van der Waals surface area contributed by atoms with Crippen LogP contribution < -0.4 is 4.90 Å². The number of fused-ring (bicyclic) bond motifs is 1. The zero-order valence-corrected chi connectivity index (χ0v) is 12.7. The molecule has 108 valence electrons. The Bertz CT molecular complexity index is 803. The van der Waals surface area contributed by atoms with E-state index in [0.717, 1.165) is 16.8 Å². The summed E-state index contributed by atoms with van der Waals surface area (Å²) in [6, 6.07) is 15.9. The summed E-state index contributed by atoms with van der Waals surface area (Å²) in [5.41, 5.74) is 3.24. The van der Waals surface area contributed by atoms with Gasteiger partial charge in [-0.15, -0.1) is 0 Å². The Morgan fingerprint density at radius 1 is 1.18 bits per heavy atom. The number of allylic oxidation sites excluding steroid dienone is 1. The molecule has 1 aliphatic heterocycles. The van der Waals surface area contributed by atoms with Crippen molar-refractivity contribution in [3.05, 3.63) is 70.8 Å². The van der Waals surface area contributed by atoms with E-state index >= 15 is 0 Å². The average Bonchev–Trinajstić information content (AvgIpc) is 2.55. The lowest BCUT2D eigenvalue weighted by atomic mass is 9.96. The van der Waals surface area contributed by atoms with E-state index < -0.39 is 6.04 Å². The van der Waals surface area contributed by atoms with Gasteiger partial charge in [-0.3, -0.25) is 9.69 Å². The molecule has 22 heavy (non-hydrogen) atoms. The molecule has 2 aromatic carbocycles. The van der Waals surface area contributed by atoms with E-state index in [0.29, 0.717) is 10.6 Å². The van der Waals surface area contributed by atoms with Gasteiger partial charge in [0.15, 0.2) is 0 Å². The Morgan fingerprint density at radius 2 is 1.86 bits per heavy atom. The zero-order chi connectivity index (χ0) is 15.7. The van der Waals surface area contributed by atoms with E-state index in [-0.39, 0.29) is 5.91 Å². The molecule has 0 radical (unpaired) electrons. The van der Waals surface area contributed by atoms with E-state index in [4.69, 9.17) is 11.6 Å². The topological polar surface area (TPSA) is 44.1 Å². The summed E-state index contributed by atoms with van der Waals surface area (Å²) >= 11 is 5.87. The number of nitrogens with zero attached hydrogens (tertiary/aromatic N) is 2.